The number of hydrogen-bond donors (Lipinski definition) is 1. The van der Waals surface area contributed by atoms with Crippen LogP contribution in [0.4, 0.5) is 0 Å². The number of benzene rings is 1. The molecule has 1 aliphatic rings. The van der Waals surface area contributed by atoms with Gasteiger partial charge in [-0.3, -0.25) is 9.69 Å². The van der Waals surface area contributed by atoms with Crippen LogP contribution in [0.1, 0.15) is 35.0 Å². The molecular weight excluding hydrogens is 332 g/mol. The van der Waals surface area contributed by atoms with E-state index in [1.165, 1.54) is 19.2 Å². The zero-order valence-electron chi connectivity index (χ0n) is 14.3. The van der Waals surface area contributed by atoms with E-state index in [1.54, 1.807) is 30.5 Å². The highest BCUT2D eigenvalue weighted by Crippen LogP contribution is 2.25. The smallest absolute Gasteiger partial charge is 0.251 e. The van der Waals surface area contributed by atoms with Crippen LogP contribution in [0.2, 0.25) is 0 Å². The molecule has 3 aromatic rings. The van der Waals surface area contributed by atoms with E-state index in [2.05, 4.69) is 20.4 Å². The van der Waals surface area contributed by atoms with Gasteiger partial charge in [-0.2, -0.15) is 0 Å². The van der Waals surface area contributed by atoms with Crippen LogP contribution in [0.5, 0.6) is 0 Å². The summed E-state index contributed by atoms with van der Waals surface area (Å²) in [4.78, 5) is 14.9. The van der Waals surface area contributed by atoms with Crippen molar-refractivity contribution in [2.75, 3.05) is 19.6 Å². The van der Waals surface area contributed by atoms with Crippen LogP contribution in [0.3, 0.4) is 0 Å². The lowest BCUT2D eigenvalue weighted by molar-refractivity contribution is 0.0934. The average Bonchev–Trinajstić information content (AvgIpc) is 3.45. The molecule has 1 atom stereocenters. The Morgan fingerprint density at radius 2 is 1.96 bits per heavy atom. The number of carbonyl (C=O) groups is 1. The zero-order valence-corrected chi connectivity index (χ0v) is 14.3. The maximum atomic E-state index is 12.5. The molecule has 0 radical (unpaired) electrons. The first kappa shape index (κ1) is 16.5. The molecule has 1 aromatic carbocycles. The van der Waals surface area contributed by atoms with Gasteiger partial charge in [0.1, 0.15) is 5.76 Å². The molecule has 0 saturated carbocycles. The Bertz CT molecular complexity index is 822. The van der Waals surface area contributed by atoms with Crippen molar-refractivity contribution in [3.05, 3.63) is 60.4 Å². The third-order valence-electron chi connectivity index (χ3n) is 4.66. The maximum Gasteiger partial charge on any atom is 0.251 e. The molecule has 0 spiro atoms. The standard InChI is InChI=1S/C19H20N4O3/c24-18(14-5-7-15(8-6-14)19-22-21-13-26-19)20-12-16(17-4-3-11-25-17)23-9-1-2-10-23/h3-8,11,13,16H,1-2,9-10,12H2,(H,20,24)/t16-/m1/s1. The number of aromatic nitrogens is 2. The molecule has 4 rings (SSSR count). The predicted octanol–water partition coefficient (Wildman–Crippen LogP) is 2.90. The molecule has 1 amide bonds. The lowest BCUT2D eigenvalue weighted by Crippen LogP contribution is -2.36. The van der Waals surface area contributed by atoms with Crippen LogP contribution in [0.15, 0.2) is 57.9 Å². The van der Waals surface area contributed by atoms with Gasteiger partial charge in [-0.1, -0.05) is 0 Å². The number of hydrogen-bond acceptors (Lipinski definition) is 6. The molecule has 134 valence electrons. The average molecular weight is 352 g/mol. The van der Waals surface area contributed by atoms with Crippen molar-refractivity contribution in [3.63, 3.8) is 0 Å². The molecule has 2 aromatic heterocycles. The number of nitrogens with one attached hydrogen (secondary N) is 1. The summed E-state index contributed by atoms with van der Waals surface area (Å²) < 4.78 is 10.7. The Kier molecular flexibility index (Phi) is 4.79. The molecule has 3 heterocycles. The largest absolute Gasteiger partial charge is 0.468 e. The van der Waals surface area contributed by atoms with E-state index in [-0.39, 0.29) is 11.9 Å². The predicted molar refractivity (Wildman–Crippen MR) is 94.3 cm³/mol. The highest BCUT2D eigenvalue weighted by atomic mass is 16.4. The van der Waals surface area contributed by atoms with Gasteiger partial charge in [0, 0.05) is 17.7 Å². The molecule has 0 bridgehead atoms. The normalized spacial score (nSPS) is 15.8. The summed E-state index contributed by atoms with van der Waals surface area (Å²) in [6.45, 7) is 2.57. The highest BCUT2D eigenvalue weighted by molar-refractivity contribution is 5.94. The van der Waals surface area contributed by atoms with Crippen LogP contribution in [-0.4, -0.2) is 40.6 Å². The van der Waals surface area contributed by atoms with E-state index in [4.69, 9.17) is 8.83 Å². The van der Waals surface area contributed by atoms with Gasteiger partial charge in [0.15, 0.2) is 0 Å². The summed E-state index contributed by atoms with van der Waals surface area (Å²) in [5.74, 6) is 1.21. The first-order chi connectivity index (χ1) is 12.8. The van der Waals surface area contributed by atoms with Crippen molar-refractivity contribution < 1.29 is 13.6 Å². The second-order valence-corrected chi connectivity index (χ2v) is 6.31. The molecule has 1 aliphatic heterocycles. The summed E-state index contributed by atoms with van der Waals surface area (Å²) in [5, 5.41) is 10.5. The molecule has 1 N–H and O–H groups in total. The number of rotatable bonds is 6. The SMILES string of the molecule is O=C(NC[C@H](c1ccco1)N1CCCC1)c1ccc(-c2nnco2)cc1. The molecule has 0 aliphatic carbocycles. The van der Waals surface area contributed by atoms with Gasteiger partial charge in [0.2, 0.25) is 12.3 Å². The first-order valence-corrected chi connectivity index (χ1v) is 8.73. The minimum atomic E-state index is -0.113. The van der Waals surface area contributed by atoms with Gasteiger partial charge < -0.3 is 14.2 Å². The minimum absolute atomic E-state index is 0.0640. The highest BCUT2D eigenvalue weighted by Gasteiger charge is 2.26. The van der Waals surface area contributed by atoms with Gasteiger partial charge in [-0.25, -0.2) is 0 Å². The van der Waals surface area contributed by atoms with Crippen molar-refractivity contribution in [3.8, 4) is 11.5 Å². The lowest BCUT2D eigenvalue weighted by atomic mass is 10.1. The Morgan fingerprint density at radius 1 is 1.15 bits per heavy atom. The van der Waals surface area contributed by atoms with E-state index >= 15 is 0 Å². The second-order valence-electron chi connectivity index (χ2n) is 6.31. The summed E-state index contributed by atoms with van der Waals surface area (Å²) >= 11 is 0. The fraction of sp³-hybridized carbons (Fsp3) is 0.316. The summed E-state index contributed by atoms with van der Waals surface area (Å²) in [6, 6.07) is 11.0. The molecule has 1 saturated heterocycles. The Hall–Kier alpha value is -2.93. The molecule has 26 heavy (non-hydrogen) atoms. The first-order valence-electron chi connectivity index (χ1n) is 8.73. The quantitative estimate of drug-likeness (QED) is 0.734. The van der Waals surface area contributed by atoms with Crippen LogP contribution in [0, 0.1) is 0 Å². The van der Waals surface area contributed by atoms with Crippen molar-refractivity contribution in [1.82, 2.24) is 20.4 Å². The van der Waals surface area contributed by atoms with Crippen LogP contribution in [-0.2, 0) is 0 Å². The molecular formula is C19H20N4O3. The number of likely N-dealkylation sites (tertiary alicyclic amines) is 1. The van der Waals surface area contributed by atoms with E-state index in [0.717, 1.165) is 24.4 Å². The van der Waals surface area contributed by atoms with Gasteiger partial charge in [0.25, 0.3) is 5.91 Å². The Labute approximate surface area is 151 Å². The van der Waals surface area contributed by atoms with Gasteiger partial charge in [-0.05, 0) is 62.3 Å². The molecule has 0 unspecified atom stereocenters. The van der Waals surface area contributed by atoms with Gasteiger partial charge in [-0.15, -0.1) is 10.2 Å². The fourth-order valence-corrected chi connectivity index (χ4v) is 3.30. The molecule has 1 fully saturated rings. The summed E-state index contributed by atoms with van der Waals surface area (Å²) in [6.07, 6.45) is 5.32. The number of carbonyl (C=O) groups excluding carboxylic acids is 1. The van der Waals surface area contributed by atoms with Crippen LogP contribution >= 0.6 is 0 Å². The van der Waals surface area contributed by atoms with Gasteiger partial charge in [0.05, 0.1) is 12.3 Å². The van der Waals surface area contributed by atoms with Crippen molar-refractivity contribution in [1.29, 1.82) is 0 Å². The van der Waals surface area contributed by atoms with Crippen LogP contribution < -0.4 is 5.32 Å². The number of amides is 1. The Morgan fingerprint density at radius 3 is 2.62 bits per heavy atom. The maximum absolute atomic E-state index is 12.5. The summed E-state index contributed by atoms with van der Waals surface area (Å²) in [7, 11) is 0. The number of nitrogens with zero attached hydrogens (tertiary/aromatic N) is 3. The topological polar surface area (TPSA) is 84.4 Å². The summed E-state index contributed by atoms with van der Waals surface area (Å²) in [5.41, 5.74) is 1.37. The van der Waals surface area contributed by atoms with E-state index < -0.39 is 0 Å². The Balaban J connectivity index is 1.42. The van der Waals surface area contributed by atoms with Gasteiger partial charge >= 0.3 is 0 Å². The van der Waals surface area contributed by atoms with Crippen LogP contribution in [0.25, 0.3) is 11.5 Å². The zero-order chi connectivity index (χ0) is 17.8. The number of furan rings is 1. The lowest BCUT2D eigenvalue weighted by Gasteiger charge is -2.26. The third kappa shape index (κ3) is 3.52. The van der Waals surface area contributed by atoms with E-state index in [0.29, 0.717) is 18.0 Å². The van der Waals surface area contributed by atoms with E-state index in [1.807, 2.05) is 12.1 Å². The van der Waals surface area contributed by atoms with Crippen molar-refractivity contribution in [2.24, 2.45) is 0 Å². The molecule has 7 nitrogen and oxygen atoms in total. The van der Waals surface area contributed by atoms with Crippen molar-refractivity contribution >= 4 is 5.91 Å². The van der Waals surface area contributed by atoms with Crippen molar-refractivity contribution in [2.45, 2.75) is 18.9 Å². The fourth-order valence-electron chi connectivity index (χ4n) is 3.30. The minimum Gasteiger partial charge on any atom is -0.468 e. The third-order valence-corrected chi connectivity index (χ3v) is 4.66. The van der Waals surface area contributed by atoms with E-state index in [9.17, 15) is 4.79 Å². The molecule has 7 heteroatoms. The second kappa shape index (κ2) is 7.53. The monoisotopic (exact) mass is 352 g/mol.